The molecule has 0 aromatic carbocycles. The molecule has 2 rings (SSSR count). The number of carbonyl (C=O) groups excluding carboxylic acids is 1. The first-order valence-corrected chi connectivity index (χ1v) is 7.68. The molecule has 0 unspecified atom stereocenters. The second kappa shape index (κ2) is 6.69. The lowest BCUT2D eigenvalue weighted by molar-refractivity contribution is -0.137. The van der Waals surface area contributed by atoms with Gasteiger partial charge in [0, 0.05) is 11.4 Å². The van der Waals surface area contributed by atoms with Crippen molar-refractivity contribution in [2.24, 2.45) is 0 Å². The van der Waals surface area contributed by atoms with E-state index >= 15 is 0 Å². The molecule has 1 aromatic rings. The monoisotopic (exact) mass is 297 g/mol. The first-order chi connectivity index (χ1) is 9.60. The van der Waals surface area contributed by atoms with E-state index in [2.05, 4.69) is 10.3 Å². The van der Waals surface area contributed by atoms with Crippen molar-refractivity contribution in [2.45, 2.75) is 39.0 Å². The standard InChI is InChI=1S/C13H19N3O3S/c1-2-7-16(8-11(17)18)13(19)15-12-14-9-5-3-4-6-10(9)20-12/h2-8H2,1H3,(H,17,18)(H,14,15,19). The summed E-state index contributed by atoms with van der Waals surface area (Å²) in [7, 11) is 0. The van der Waals surface area contributed by atoms with Crippen LogP contribution >= 0.6 is 11.3 Å². The summed E-state index contributed by atoms with van der Waals surface area (Å²) in [6, 6.07) is -0.389. The molecule has 1 aliphatic carbocycles. The quantitative estimate of drug-likeness (QED) is 0.874. The van der Waals surface area contributed by atoms with Gasteiger partial charge >= 0.3 is 12.0 Å². The minimum atomic E-state index is -1.01. The number of hydrogen-bond acceptors (Lipinski definition) is 4. The summed E-state index contributed by atoms with van der Waals surface area (Å²) in [5, 5.41) is 12.1. The van der Waals surface area contributed by atoms with Crippen molar-refractivity contribution in [1.82, 2.24) is 9.88 Å². The zero-order valence-electron chi connectivity index (χ0n) is 11.5. The molecule has 110 valence electrons. The van der Waals surface area contributed by atoms with Gasteiger partial charge in [-0.15, -0.1) is 11.3 Å². The Hall–Kier alpha value is -1.63. The van der Waals surface area contributed by atoms with Crippen molar-refractivity contribution in [3.05, 3.63) is 10.6 Å². The number of carboxylic acid groups (broad SMARTS) is 1. The van der Waals surface area contributed by atoms with E-state index < -0.39 is 5.97 Å². The molecule has 0 bridgehead atoms. The summed E-state index contributed by atoms with van der Waals surface area (Å²) in [5.41, 5.74) is 1.08. The van der Waals surface area contributed by atoms with Crippen LogP contribution in [0, 0.1) is 0 Å². The number of rotatable bonds is 5. The lowest BCUT2D eigenvalue weighted by atomic mass is 10.0. The van der Waals surface area contributed by atoms with Crippen LogP contribution in [0.1, 0.15) is 36.8 Å². The summed E-state index contributed by atoms with van der Waals surface area (Å²) in [6.07, 6.45) is 5.02. The highest BCUT2D eigenvalue weighted by Gasteiger charge is 2.20. The molecule has 6 nitrogen and oxygen atoms in total. The number of nitrogens with zero attached hydrogens (tertiary/aromatic N) is 2. The van der Waals surface area contributed by atoms with Crippen LogP contribution in [0.5, 0.6) is 0 Å². The number of hydrogen-bond donors (Lipinski definition) is 2. The average molecular weight is 297 g/mol. The smallest absolute Gasteiger partial charge is 0.324 e. The van der Waals surface area contributed by atoms with Crippen LogP contribution < -0.4 is 5.32 Å². The van der Waals surface area contributed by atoms with Crippen LogP contribution in [-0.4, -0.2) is 40.1 Å². The van der Waals surface area contributed by atoms with Gasteiger partial charge in [0.2, 0.25) is 0 Å². The third-order valence-corrected chi connectivity index (χ3v) is 4.24. The van der Waals surface area contributed by atoms with E-state index in [1.807, 2.05) is 6.92 Å². The Bertz CT molecular complexity index is 478. The Balaban J connectivity index is 2.01. The number of anilines is 1. The Kier molecular flexibility index (Phi) is 4.94. The van der Waals surface area contributed by atoms with Gasteiger partial charge in [-0.1, -0.05) is 6.92 Å². The van der Waals surface area contributed by atoms with Gasteiger partial charge in [-0.05, 0) is 32.1 Å². The molecule has 0 aliphatic heterocycles. The van der Waals surface area contributed by atoms with Crippen LogP contribution in [0.2, 0.25) is 0 Å². The topological polar surface area (TPSA) is 82.5 Å². The minimum absolute atomic E-state index is 0.287. The van der Waals surface area contributed by atoms with E-state index in [0.29, 0.717) is 11.7 Å². The lowest BCUT2D eigenvalue weighted by Crippen LogP contribution is -2.39. The number of carboxylic acids is 1. The molecule has 2 N–H and O–H groups in total. The number of amides is 2. The third-order valence-electron chi connectivity index (χ3n) is 3.17. The Labute approximate surface area is 121 Å². The van der Waals surface area contributed by atoms with Gasteiger partial charge < -0.3 is 10.0 Å². The normalized spacial score (nSPS) is 13.7. The maximum absolute atomic E-state index is 12.1. The average Bonchev–Trinajstić information content (AvgIpc) is 2.79. The molecule has 0 atom stereocenters. The summed E-state index contributed by atoms with van der Waals surface area (Å²) in [6.45, 7) is 2.04. The zero-order valence-corrected chi connectivity index (χ0v) is 12.3. The Morgan fingerprint density at radius 1 is 1.40 bits per heavy atom. The first kappa shape index (κ1) is 14.8. The molecule has 20 heavy (non-hydrogen) atoms. The Morgan fingerprint density at radius 3 is 2.80 bits per heavy atom. The van der Waals surface area contributed by atoms with E-state index in [4.69, 9.17) is 5.11 Å². The van der Waals surface area contributed by atoms with Gasteiger partial charge in [-0.25, -0.2) is 9.78 Å². The van der Waals surface area contributed by atoms with Crippen LogP contribution in [0.25, 0.3) is 0 Å². The van der Waals surface area contributed by atoms with Gasteiger partial charge in [-0.2, -0.15) is 0 Å². The van der Waals surface area contributed by atoms with E-state index in [1.165, 1.54) is 27.5 Å². The number of urea groups is 1. The second-order valence-electron chi connectivity index (χ2n) is 4.84. The van der Waals surface area contributed by atoms with Gasteiger partial charge in [0.15, 0.2) is 5.13 Å². The van der Waals surface area contributed by atoms with Crippen molar-refractivity contribution >= 4 is 28.5 Å². The fourth-order valence-corrected chi connectivity index (χ4v) is 3.30. The van der Waals surface area contributed by atoms with Crippen LogP contribution in [0.4, 0.5) is 9.93 Å². The molecular weight excluding hydrogens is 278 g/mol. The predicted octanol–water partition coefficient (Wildman–Crippen LogP) is 2.35. The highest BCUT2D eigenvalue weighted by molar-refractivity contribution is 7.15. The van der Waals surface area contributed by atoms with Crippen LogP contribution in [0.3, 0.4) is 0 Å². The summed E-state index contributed by atoms with van der Waals surface area (Å²) >= 11 is 1.50. The molecule has 0 saturated heterocycles. The molecular formula is C13H19N3O3S. The second-order valence-corrected chi connectivity index (χ2v) is 5.93. The van der Waals surface area contributed by atoms with Crippen LogP contribution in [-0.2, 0) is 17.6 Å². The highest BCUT2D eigenvalue weighted by atomic mass is 32.1. The third kappa shape index (κ3) is 3.69. The van der Waals surface area contributed by atoms with E-state index in [-0.39, 0.29) is 12.6 Å². The van der Waals surface area contributed by atoms with E-state index in [0.717, 1.165) is 31.4 Å². The van der Waals surface area contributed by atoms with Gasteiger partial charge in [0.1, 0.15) is 6.54 Å². The number of nitrogens with one attached hydrogen (secondary N) is 1. The number of fused-ring (bicyclic) bond motifs is 1. The van der Waals surface area contributed by atoms with Crippen molar-refractivity contribution in [2.75, 3.05) is 18.4 Å². The van der Waals surface area contributed by atoms with Gasteiger partial charge in [0.25, 0.3) is 0 Å². The fraction of sp³-hybridized carbons (Fsp3) is 0.615. The number of thiazole rings is 1. The zero-order chi connectivity index (χ0) is 14.5. The first-order valence-electron chi connectivity index (χ1n) is 6.86. The summed E-state index contributed by atoms with van der Waals surface area (Å²) in [4.78, 5) is 29.8. The SMILES string of the molecule is CCCN(CC(=O)O)C(=O)Nc1nc2c(s1)CCCC2. The maximum Gasteiger partial charge on any atom is 0.324 e. The molecule has 1 aliphatic rings. The largest absolute Gasteiger partial charge is 0.480 e. The minimum Gasteiger partial charge on any atom is -0.480 e. The summed E-state index contributed by atoms with van der Waals surface area (Å²) < 4.78 is 0. The number of aromatic nitrogens is 1. The maximum atomic E-state index is 12.1. The highest BCUT2D eigenvalue weighted by Crippen LogP contribution is 2.29. The molecule has 0 radical (unpaired) electrons. The molecule has 2 amide bonds. The number of carbonyl (C=O) groups is 2. The predicted molar refractivity (Wildman–Crippen MR) is 77.3 cm³/mol. The van der Waals surface area contributed by atoms with Gasteiger partial charge in [0.05, 0.1) is 5.69 Å². The molecule has 0 saturated carbocycles. The lowest BCUT2D eigenvalue weighted by Gasteiger charge is -2.19. The van der Waals surface area contributed by atoms with Crippen molar-refractivity contribution in [3.63, 3.8) is 0 Å². The molecule has 1 aromatic heterocycles. The molecule has 7 heteroatoms. The molecule has 0 fully saturated rings. The number of aryl methyl sites for hydroxylation is 2. The molecule has 0 spiro atoms. The van der Waals surface area contributed by atoms with Crippen molar-refractivity contribution in [3.8, 4) is 0 Å². The van der Waals surface area contributed by atoms with E-state index in [1.54, 1.807) is 0 Å². The van der Waals surface area contributed by atoms with Gasteiger partial charge in [-0.3, -0.25) is 10.1 Å². The number of aliphatic carboxylic acids is 1. The van der Waals surface area contributed by atoms with Crippen LogP contribution in [0.15, 0.2) is 0 Å². The summed E-state index contributed by atoms with van der Waals surface area (Å²) in [5.74, 6) is -1.01. The molecule has 1 heterocycles. The van der Waals surface area contributed by atoms with Crippen molar-refractivity contribution < 1.29 is 14.7 Å². The van der Waals surface area contributed by atoms with E-state index in [9.17, 15) is 9.59 Å². The Morgan fingerprint density at radius 2 is 2.15 bits per heavy atom. The fourth-order valence-electron chi connectivity index (χ4n) is 2.26. The van der Waals surface area contributed by atoms with Crippen molar-refractivity contribution in [1.29, 1.82) is 0 Å².